The molecule has 0 amide bonds. The third-order valence-electron chi connectivity index (χ3n) is 4.01. The number of aryl methyl sites for hydroxylation is 2. The van der Waals surface area contributed by atoms with Crippen molar-refractivity contribution in [3.63, 3.8) is 0 Å². The predicted octanol–water partition coefficient (Wildman–Crippen LogP) is 6.20. The third kappa shape index (κ3) is 13.6. The summed E-state index contributed by atoms with van der Waals surface area (Å²) in [6.45, 7) is 23.2. The molecule has 3 nitrogen and oxygen atoms in total. The molecule has 0 N–H and O–H groups in total. The van der Waals surface area contributed by atoms with Crippen LogP contribution in [0.15, 0.2) is 12.1 Å². The topological polar surface area (TPSA) is 35.5 Å². The summed E-state index contributed by atoms with van der Waals surface area (Å²) < 4.78 is 10.4. The number of hydrogen-bond acceptors (Lipinski definition) is 3. The number of ether oxygens (including phenoxy) is 2. The Bertz CT molecular complexity index is 537. The number of rotatable bonds is 6. The second-order valence-corrected chi connectivity index (χ2v) is 9.35. The van der Waals surface area contributed by atoms with Crippen LogP contribution in [0.2, 0.25) is 0 Å². The van der Waals surface area contributed by atoms with Crippen molar-refractivity contribution in [3.8, 4) is 0 Å². The lowest BCUT2D eigenvalue weighted by atomic mass is 9.84. The van der Waals surface area contributed by atoms with Crippen LogP contribution in [0.3, 0.4) is 0 Å². The molecule has 0 aromatic heterocycles. The van der Waals surface area contributed by atoms with Crippen molar-refractivity contribution >= 4 is 5.78 Å². The normalized spacial score (nSPS) is 11.3. The lowest BCUT2D eigenvalue weighted by molar-refractivity contribution is -0.122. The first-order chi connectivity index (χ1) is 11.7. The van der Waals surface area contributed by atoms with Gasteiger partial charge in [0.1, 0.15) is 6.61 Å². The van der Waals surface area contributed by atoms with Gasteiger partial charge in [0.25, 0.3) is 0 Å². The fourth-order valence-corrected chi connectivity index (χ4v) is 2.18. The summed E-state index contributed by atoms with van der Waals surface area (Å²) in [7, 11) is 0. The number of Topliss-reactive ketones (excluding diaryl/α,β-unsaturated/α-hetero) is 1. The van der Waals surface area contributed by atoms with E-state index in [-0.39, 0.29) is 30.6 Å². The SMILES string of the molecule is C.CC(=O)COCCOCC(C)(C)C.Cc1cc(C(C)(C)C)cc(C)c1C. The van der Waals surface area contributed by atoms with E-state index < -0.39 is 0 Å². The molecule has 0 spiro atoms. The highest BCUT2D eigenvalue weighted by molar-refractivity contribution is 5.76. The zero-order valence-corrected chi connectivity index (χ0v) is 18.7. The van der Waals surface area contributed by atoms with Gasteiger partial charge in [0.2, 0.25) is 0 Å². The number of carbonyl (C=O) groups is 1. The summed E-state index contributed by atoms with van der Waals surface area (Å²) in [5.74, 6) is 0.0517. The molecule has 1 rings (SSSR count). The van der Waals surface area contributed by atoms with Crippen molar-refractivity contribution in [2.24, 2.45) is 5.41 Å². The molecule has 0 saturated carbocycles. The van der Waals surface area contributed by atoms with Crippen LogP contribution in [-0.2, 0) is 19.7 Å². The minimum atomic E-state index is 0. The number of ketones is 1. The maximum atomic E-state index is 10.5. The lowest BCUT2D eigenvalue weighted by Gasteiger charge is -2.21. The molecule has 0 aliphatic heterocycles. The van der Waals surface area contributed by atoms with Crippen molar-refractivity contribution < 1.29 is 14.3 Å². The summed E-state index contributed by atoms with van der Waals surface area (Å²) in [6, 6.07) is 4.62. The minimum Gasteiger partial charge on any atom is -0.379 e. The van der Waals surface area contributed by atoms with Gasteiger partial charge in [-0.05, 0) is 60.8 Å². The molecule has 27 heavy (non-hydrogen) atoms. The Balaban J connectivity index is 0. The van der Waals surface area contributed by atoms with Gasteiger partial charge >= 0.3 is 0 Å². The van der Waals surface area contributed by atoms with E-state index in [2.05, 4.69) is 74.4 Å². The zero-order chi connectivity index (χ0) is 20.5. The second kappa shape index (κ2) is 12.3. The summed E-state index contributed by atoms with van der Waals surface area (Å²) in [5.41, 5.74) is 6.14. The van der Waals surface area contributed by atoms with Gasteiger partial charge < -0.3 is 9.47 Å². The van der Waals surface area contributed by atoms with E-state index in [1.165, 1.54) is 29.2 Å². The first kappa shape index (κ1) is 28.0. The monoisotopic (exact) mass is 380 g/mol. The highest BCUT2D eigenvalue weighted by atomic mass is 16.5. The summed E-state index contributed by atoms with van der Waals surface area (Å²) in [5, 5.41) is 0. The molecule has 0 heterocycles. The Morgan fingerprint density at radius 3 is 1.70 bits per heavy atom. The molecular formula is C24H44O3. The van der Waals surface area contributed by atoms with Crippen LogP contribution in [0.25, 0.3) is 0 Å². The van der Waals surface area contributed by atoms with E-state index in [1.807, 2.05) is 0 Å². The molecule has 0 fully saturated rings. The molecule has 0 aliphatic rings. The maximum Gasteiger partial charge on any atom is 0.155 e. The summed E-state index contributed by atoms with van der Waals surface area (Å²) in [4.78, 5) is 10.5. The molecule has 1 aromatic rings. The average molecular weight is 381 g/mol. The molecule has 158 valence electrons. The number of hydrogen-bond donors (Lipinski definition) is 0. The molecule has 0 unspecified atom stereocenters. The van der Waals surface area contributed by atoms with E-state index in [4.69, 9.17) is 9.47 Å². The predicted molar refractivity (Wildman–Crippen MR) is 118 cm³/mol. The van der Waals surface area contributed by atoms with Crippen LogP contribution >= 0.6 is 0 Å². The van der Waals surface area contributed by atoms with Gasteiger partial charge in [-0.1, -0.05) is 61.1 Å². The molecule has 0 bridgehead atoms. The molecule has 0 radical (unpaired) electrons. The molecule has 1 aromatic carbocycles. The van der Waals surface area contributed by atoms with Gasteiger partial charge in [-0.25, -0.2) is 0 Å². The largest absolute Gasteiger partial charge is 0.379 e. The van der Waals surface area contributed by atoms with Gasteiger partial charge in [-0.2, -0.15) is 0 Å². The third-order valence-corrected chi connectivity index (χ3v) is 4.01. The first-order valence-corrected chi connectivity index (χ1v) is 9.47. The summed E-state index contributed by atoms with van der Waals surface area (Å²) >= 11 is 0. The van der Waals surface area contributed by atoms with Gasteiger partial charge in [-0.3, -0.25) is 4.79 Å². The Hall–Kier alpha value is -1.19. The average Bonchev–Trinajstić information content (AvgIpc) is 2.46. The Kier molecular flexibility index (Phi) is 12.8. The molecule has 0 saturated heterocycles. The van der Waals surface area contributed by atoms with Gasteiger partial charge in [0, 0.05) is 0 Å². The van der Waals surface area contributed by atoms with E-state index in [9.17, 15) is 4.79 Å². The van der Waals surface area contributed by atoms with Crippen LogP contribution < -0.4 is 0 Å². The van der Waals surface area contributed by atoms with Crippen LogP contribution in [0.1, 0.15) is 78.1 Å². The molecule has 0 aliphatic carbocycles. The van der Waals surface area contributed by atoms with E-state index in [0.717, 1.165) is 6.61 Å². The van der Waals surface area contributed by atoms with Gasteiger partial charge in [0.15, 0.2) is 5.78 Å². The van der Waals surface area contributed by atoms with E-state index in [1.54, 1.807) is 0 Å². The van der Waals surface area contributed by atoms with Gasteiger partial charge in [0.05, 0.1) is 19.8 Å². The standard InChI is InChI=1S/C13H20.C10H20O3.CH4/c1-9-7-12(13(4,5)6)8-10(2)11(9)3;1-9(11)7-12-5-6-13-8-10(2,3)4;/h7-8H,1-6H3;5-8H2,1-4H3;1H4. The highest BCUT2D eigenvalue weighted by Crippen LogP contribution is 2.26. The zero-order valence-electron chi connectivity index (χ0n) is 18.7. The van der Waals surface area contributed by atoms with Crippen LogP contribution in [0.4, 0.5) is 0 Å². The number of benzene rings is 1. The van der Waals surface area contributed by atoms with E-state index >= 15 is 0 Å². The van der Waals surface area contributed by atoms with Crippen LogP contribution in [0, 0.1) is 26.2 Å². The Morgan fingerprint density at radius 2 is 1.33 bits per heavy atom. The second-order valence-electron chi connectivity index (χ2n) is 9.35. The highest BCUT2D eigenvalue weighted by Gasteiger charge is 2.14. The Labute approximate surface area is 168 Å². The van der Waals surface area contributed by atoms with Crippen molar-refractivity contribution in [3.05, 3.63) is 34.4 Å². The first-order valence-electron chi connectivity index (χ1n) is 9.47. The van der Waals surface area contributed by atoms with Crippen molar-refractivity contribution in [2.45, 2.75) is 82.1 Å². The smallest absolute Gasteiger partial charge is 0.155 e. The van der Waals surface area contributed by atoms with Crippen molar-refractivity contribution in [2.75, 3.05) is 26.4 Å². The Morgan fingerprint density at radius 1 is 0.889 bits per heavy atom. The maximum absolute atomic E-state index is 10.5. The quantitative estimate of drug-likeness (QED) is 0.551. The molecular weight excluding hydrogens is 336 g/mol. The molecule has 3 heteroatoms. The number of carbonyl (C=O) groups excluding carboxylic acids is 1. The van der Waals surface area contributed by atoms with Crippen LogP contribution in [-0.4, -0.2) is 32.2 Å². The van der Waals surface area contributed by atoms with Gasteiger partial charge in [-0.15, -0.1) is 0 Å². The van der Waals surface area contributed by atoms with E-state index in [0.29, 0.717) is 13.2 Å². The van der Waals surface area contributed by atoms with Crippen molar-refractivity contribution in [1.82, 2.24) is 0 Å². The molecule has 0 atom stereocenters. The fraction of sp³-hybridized carbons (Fsp3) is 0.708. The van der Waals surface area contributed by atoms with Crippen molar-refractivity contribution in [1.29, 1.82) is 0 Å². The van der Waals surface area contributed by atoms with Crippen LogP contribution in [0.5, 0.6) is 0 Å². The minimum absolute atomic E-state index is 0. The fourth-order valence-electron chi connectivity index (χ4n) is 2.18. The summed E-state index contributed by atoms with van der Waals surface area (Å²) in [6.07, 6.45) is 0. The lowest BCUT2D eigenvalue weighted by Crippen LogP contribution is -2.17.